The Morgan fingerprint density at radius 2 is 1.86 bits per heavy atom. The fourth-order valence-electron chi connectivity index (χ4n) is 1.96. The van der Waals surface area contributed by atoms with Gasteiger partial charge in [-0.15, -0.1) is 5.73 Å². The second-order valence-electron chi connectivity index (χ2n) is 4.59. The lowest BCUT2D eigenvalue weighted by Crippen LogP contribution is -2.39. The highest BCUT2D eigenvalue weighted by Crippen LogP contribution is 2.18. The maximum Gasteiger partial charge on any atom is 0.265 e. The zero-order valence-electron chi connectivity index (χ0n) is 12.4. The highest BCUT2D eigenvalue weighted by atomic mass is 16.5. The average molecular weight is 294 g/mol. The number of benzene rings is 2. The van der Waals surface area contributed by atoms with Crippen LogP contribution in [0.15, 0.2) is 73.0 Å². The smallest absolute Gasteiger partial charge is 0.265 e. The molecule has 112 valence electrons. The van der Waals surface area contributed by atoms with Crippen LogP contribution in [0.4, 0.5) is 0 Å². The Morgan fingerprint density at radius 1 is 1.18 bits per heavy atom. The molecule has 0 saturated heterocycles. The topological polar surface area (TPSA) is 50.4 Å². The van der Waals surface area contributed by atoms with E-state index in [1.54, 1.807) is 25.3 Å². The van der Waals surface area contributed by atoms with Gasteiger partial charge in [0.05, 0.1) is 13.2 Å². The molecule has 1 amide bonds. The molecule has 0 aromatic heterocycles. The fraction of sp³-hybridized carbons (Fsp3) is 0.111. The van der Waals surface area contributed by atoms with Crippen LogP contribution in [0, 0.1) is 0 Å². The Balaban J connectivity index is 2.05. The van der Waals surface area contributed by atoms with Crippen LogP contribution >= 0.6 is 0 Å². The minimum atomic E-state index is -0.226. The molecule has 0 aliphatic rings. The molecule has 0 heterocycles. The Labute approximate surface area is 130 Å². The summed E-state index contributed by atoms with van der Waals surface area (Å²) < 4.78 is 5.14. The number of hydrogen-bond acceptors (Lipinski definition) is 3. The van der Waals surface area contributed by atoms with Gasteiger partial charge in [-0.1, -0.05) is 36.9 Å². The van der Waals surface area contributed by atoms with E-state index in [2.05, 4.69) is 23.2 Å². The van der Waals surface area contributed by atoms with Crippen molar-refractivity contribution in [1.82, 2.24) is 10.9 Å². The van der Waals surface area contributed by atoms with Gasteiger partial charge in [0, 0.05) is 5.56 Å². The third kappa shape index (κ3) is 4.09. The van der Waals surface area contributed by atoms with Crippen LogP contribution in [0.1, 0.15) is 22.0 Å². The van der Waals surface area contributed by atoms with Crippen LogP contribution in [0.5, 0.6) is 5.75 Å². The van der Waals surface area contributed by atoms with Crippen molar-refractivity contribution in [3.63, 3.8) is 0 Å². The molecular weight excluding hydrogens is 276 g/mol. The van der Waals surface area contributed by atoms with Gasteiger partial charge >= 0.3 is 0 Å². The van der Waals surface area contributed by atoms with Crippen molar-refractivity contribution in [3.8, 4) is 5.75 Å². The molecule has 0 aliphatic carbocycles. The lowest BCUT2D eigenvalue weighted by molar-refractivity contribution is 0.0928. The molecule has 4 heteroatoms. The van der Waals surface area contributed by atoms with Crippen molar-refractivity contribution in [2.75, 3.05) is 7.11 Å². The van der Waals surface area contributed by atoms with Gasteiger partial charge in [0.15, 0.2) is 0 Å². The van der Waals surface area contributed by atoms with Gasteiger partial charge in [0.25, 0.3) is 5.91 Å². The number of amides is 1. The summed E-state index contributed by atoms with van der Waals surface area (Å²) in [6, 6.07) is 16.3. The Morgan fingerprint density at radius 3 is 2.45 bits per heavy atom. The van der Waals surface area contributed by atoms with E-state index in [0.29, 0.717) is 5.56 Å². The minimum Gasteiger partial charge on any atom is -0.497 e. The molecule has 0 fully saturated rings. The van der Waals surface area contributed by atoms with Crippen LogP contribution in [-0.2, 0) is 0 Å². The van der Waals surface area contributed by atoms with Crippen LogP contribution < -0.4 is 15.6 Å². The molecule has 2 N–H and O–H groups in total. The molecule has 1 unspecified atom stereocenters. The number of hydrazine groups is 1. The molecule has 0 bridgehead atoms. The Kier molecular flexibility index (Phi) is 5.55. The van der Waals surface area contributed by atoms with E-state index in [-0.39, 0.29) is 11.9 Å². The van der Waals surface area contributed by atoms with Crippen molar-refractivity contribution < 1.29 is 9.53 Å². The lowest BCUT2D eigenvalue weighted by atomic mass is 10.1. The number of carbonyl (C=O) groups is 1. The van der Waals surface area contributed by atoms with E-state index in [1.165, 1.54) is 0 Å². The van der Waals surface area contributed by atoms with E-state index in [0.717, 1.165) is 11.3 Å². The largest absolute Gasteiger partial charge is 0.497 e. The van der Waals surface area contributed by atoms with E-state index in [4.69, 9.17) is 4.74 Å². The summed E-state index contributed by atoms with van der Waals surface area (Å²) in [4.78, 5) is 12.0. The summed E-state index contributed by atoms with van der Waals surface area (Å²) in [6.07, 6.45) is 1.74. The predicted molar refractivity (Wildman–Crippen MR) is 86.5 cm³/mol. The van der Waals surface area contributed by atoms with Crippen LogP contribution in [0.3, 0.4) is 0 Å². The van der Waals surface area contributed by atoms with E-state index in [1.807, 2.05) is 42.5 Å². The molecule has 2 aromatic rings. The van der Waals surface area contributed by atoms with E-state index in [9.17, 15) is 4.79 Å². The van der Waals surface area contributed by atoms with Crippen molar-refractivity contribution in [1.29, 1.82) is 0 Å². The maximum absolute atomic E-state index is 12.0. The van der Waals surface area contributed by atoms with Gasteiger partial charge in [-0.25, -0.2) is 5.43 Å². The lowest BCUT2D eigenvalue weighted by Gasteiger charge is -2.16. The third-order valence-electron chi connectivity index (χ3n) is 3.14. The fourth-order valence-corrected chi connectivity index (χ4v) is 1.96. The standard InChI is InChI=1S/C18H18N2O2/c1-3-7-17(14-10-12-16(22-2)13-11-14)19-20-18(21)15-8-5-4-6-9-15/h4-13,17,19H,1H2,2H3,(H,20,21). The zero-order chi connectivity index (χ0) is 15.8. The summed E-state index contributed by atoms with van der Waals surface area (Å²) in [6.45, 7) is 3.59. The van der Waals surface area contributed by atoms with Crippen molar-refractivity contribution in [2.24, 2.45) is 0 Å². The molecule has 4 nitrogen and oxygen atoms in total. The predicted octanol–water partition coefficient (Wildman–Crippen LogP) is 3.01. The average Bonchev–Trinajstić information content (AvgIpc) is 2.59. The monoisotopic (exact) mass is 294 g/mol. The van der Waals surface area contributed by atoms with Crippen molar-refractivity contribution in [3.05, 3.63) is 84.1 Å². The number of ether oxygens (including phenoxy) is 1. The van der Waals surface area contributed by atoms with Crippen LogP contribution in [0.2, 0.25) is 0 Å². The highest BCUT2D eigenvalue weighted by molar-refractivity contribution is 5.93. The normalized spacial score (nSPS) is 11.1. The Bertz CT molecular complexity index is 659. The Hall–Kier alpha value is -2.81. The first-order chi connectivity index (χ1) is 10.7. The van der Waals surface area contributed by atoms with Crippen molar-refractivity contribution in [2.45, 2.75) is 6.04 Å². The molecule has 0 radical (unpaired) electrons. The first-order valence-electron chi connectivity index (χ1n) is 6.85. The second-order valence-corrected chi connectivity index (χ2v) is 4.59. The minimum absolute atomic E-state index is 0.198. The number of carbonyl (C=O) groups excluding carboxylic acids is 1. The van der Waals surface area contributed by atoms with Crippen LogP contribution in [0.25, 0.3) is 0 Å². The molecular formula is C18H18N2O2. The molecule has 22 heavy (non-hydrogen) atoms. The molecule has 2 rings (SSSR count). The zero-order valence-corrected chi connectivity index (χ0v) is 12.4. The summed E-state index contributed by atoms with van der Waals surface area (Å²) >= 11 is 0. The van der Waals surface area contributed by atoms with Gasteiger partial charge in [-0.05, 0) is 35.9 Å². The second kappa shape index (κ2) is 7.84. The SMILES string of the molecule is C=C=CC(NNC(=O)c1ccccc1)c1ccc(OC)cc1. The third-order valence-corrected chi connectivity index (χ3v) is 3.14. The molecule has 0 spiro atoms. The number of hydrogen-bond donors (Lipinski definition) is 2. The van der Waals surface area contributed by atoms with Gasteiger partial charge in [-0.2, -0.15) is 0 Å². The van der Waals surface area contributed by atoms with E-state index < -0.39 is 0 Å². The van der Waals surface area contributed by atoms with Gasteiger partial charge in [0.1, 0.15) is 5.75 Å². The number of rotatable bonds is 6. The number of methoxy groups -OCH3 is 1. The maximum atomic E-state index is 12.0. The van der Waals surface area contributed by atoms with Crippen LogP contribution in [-0.4, -0.2) is 13.0 Å². The van der Waals surface area contributed by atoms with Gasteiger partial charge < -0.3 is 4.74 Å². The van der Waals surface area contributed by atoms with Gasteiger partial charge in [-0.3, -0.25) is 10.2 Å². The first-order valence-corrected chi connectivity index (χ1v) is 6.85. The summed E-state index contributed by atoms with van der Waals surface area (Å²) in [5.41, 5.74) is 9.96. The summed E-state index contributed by atoms with van der Waals surface area (Å²) in [7, 11) is 1.62. The molecule has 0 saturated carbocycles. The molecule has 1 atom stereocenters. The number of nitrogens with one attached hydrogen (secondary N) is 2. The van der Waals surface area contributed by atoms with E-state index >= 15 is 0 Å². The van der Waals surface area contributed by atoms with Crippen molar-refractivity contribution >= 4 is 5.91 Å². The first kappa shape index (κ1) is 15.6. The summed E-state index contributed by atoms with van der Waals surface area (Å²) in [5.74, 6) is 0.579. The quantitative estimate of drug-likeness (QED) is 0.636. The molecule has 2 aromatic carbocycles. The van der Waals surface area contributed by atoms with Gasteiger partial charge in [0.2, 0.25) is 0 Å². The highest BCUT2D eigenvalue weighted by Gasteiger charge is 2.10. The molecule has 0 aliphatic heterocycles. The summed E-state index contributed by atoms with van der Waals surface area (Å²) in [5, 5.41) is 0.